The van der Waals surface area contributed by atoms with E-state index in [1.807, 2.05) is 6.08 Å². The van der Waals surface area contributed by atoms with Crippen molar-refractivity contribution >= 4 is 11.9 Å². The molecule has 1 amide bonds. The van der Waals surface area contributed by atoms with Gasteiger partial charge in [-0.25, -0.2) is 0 Å². The van der Waals surface area contributed by atoms with Crippen LogP contribution in [0.5, 0.6) is 0 Å². The summed E-state index contributed by atoms with van der Waals surface area (Å²) in [5.41, 5.74) is 0. The molecular weight excluding hydrogens is 683 g/mol. The average molecular weight is 776 g/mol. The lowest BCUT2D eigenvalue weighted by molar-refractivity contribution is -0.143. The number of allylic oxidation sites excluding steroid dienone is 3. The molecule has 0 aromatic carbocycles. The number of unbranched alkanes of at least 4 members (excludes halogenated alkanes) is 31. The number of aliphatic hydroxyl groups excluding tert-OH is 2. The molecule has 3 N–H and O–H groups in total. The predicted molar refractivity (Wildman–Crippen MR) is 236 cm³/mol. The molecule has 0 radical (unpaired) electrons. The Hall–Kier alpha value is -1.66. The van der Waals surface area contributed by atoms with Gasteiger partial charge in [-0.3, -0.25) is 9.59 Å². The van der Waals surface area contributed by atoms with E-state index in [1.165, 1.54) is 154 Å². The number of nitrogens with one attached hydrogen (secondary N) is 1. The van der Waals surface area contributed by atoms with Crippen molar-refractivity contribution in [3.05, 3.63) is 24.3 Å². The highest BCUT2D eigenvalue weighted by Crippen LogP contribution is 2.15. The normalized spacial score (nSPS) is 12.9. The molecule has 0 saturated heterocycles. The van der Waals surface area contributed by atoms with E-state index in [2.05, 4.69) is 31.3 Å². The van der Waals surface area contributed by atoms with Gasteiger partial charge >= 0.3 is 5.97 Å². The molecule has 2 atom stereocenters. The summed E-state index contributed by atoms with van der Waals surface area (Å²) >= 11 is 0. The van der Waals surface area contributed by atoms with E-state index in [4.69, 9.17) is 4.74 Å². The van der Waals surface area contributed by atoms with Gasteiger partial charge in [-0.15, -0.1) is 0 Å². The van der Waals surface area contributed by atoms with Crippen molar-refractivity contribution in [2.75, 3.05) is 13.2 Å². The van der Waals surface area contributed by atoms with Crippen LogP contribution in [0.2, 0.25) is 0 Å². The van der Waals surface area contributed by atoms with Crippen LogP contribution in [0.3, 0.4) is 0 Å². The number of rotatable bonds is 44. The molecule has 0 fully saturated rings. The zero-order valence-electron chi connectivity index (χ0n) is 36.7. The number of amides is 1. The molecule has 0 bridgehead atoms. The van der Waals surface area contributed by atoms with Crippen molar-refractivity contribution < 1.29 is 24.5 Å². The number of ether oxygens (including phenoxy) is 1. The summed E-state index contributed by atoms with van der Waals surface area (Å²) in [6, 6.07) is -0.646. The van der Waals surface area contributed by atoms with Gasteiger partial charge in [0.2, 0.25) is 5.91 Å². The minimum Gasteiger partial charge on any atom is -0.466 e. The predicted octanol–water partition coefficient (Wildman–Crippen LogP) is 14.0. The SMILES string of the molecule is CCCCCCCCCCCC/C=C/C(O)C(CO)NC(=O)CCCCC/C=C\CCCCCCCCOC(=O)CCCCCCCCCCCCCCC. The summed E-state index contributed by atoms with van der Waals surface area (Å²) in [4.78, 5) is 24.4. The van der Waals surface area contributed by atoms with E-state index in [0.29, 0.717) is 19.4 Å². The van der Waals surface area contributed by atoms with Crippen LogP contribution in [-0.2, 0) is 14.3 Å². The zero-order chi connectivity index (χ0) is 40.1. The standard InChI is InChI=1S/C49H93NO5/c1-3-5-7-9-11-13-15-18-23-27-31-35-39-43-49(54)55-44-40-36-32-28-24-20-17-19-22-26-30-34-38-42-48(53)50-46(45-51)47(52)41-37-33-29-25-21-16-14-12-10-8-6-4-2/h19,22,37,41,46-47,51-52H,3-18,20-21,23-36,38-40,42-45H2,1-2H3,(H,50,53)/b22-19-,41-37+. The smallest absolute Gasteiger partial charge is 0.305 e. The first-order chi connectivity index (χ1) is 27.0. The highest BCUT2D eigenvalue weighted by molar-refractivity contribution is 5.76. The van der Waals surface area contributed by atoms with Gasteiger partial charge in [0.15, 0.2) is 0 Å². The molecule has 0 heterocycles. The largest absolute Gasteiger partial charge is 0.466 e. The second-order valence-corrected chi connectivity index (χ2v) is 16.4. The van der Waals surface area contributed by atoms with Crippen LogP contribution >= 0.6 is 0 Å². The first-order valence-electron chi connectivity index (χ1n) is 24.1. The highest BCUT2D eigenvalue weighted by atomic mass is 16.5. The van der Waals surface area contributed by atoms with Crippen LogP contribution in [0.25, 0.3) is 0 Å². The molecule has 0 aromatic rings. The van der Waals surface area contributed by atoms with Gasteiger partial charge in [0.25, 0.3) is 0 Å². The van der Waals surface area contributed by atoms with Crippen molar-refractivity contribution in [1.82, 2.24) is 5.32 Å². The Labute approximate surface area is 341 Å². The lowest BCUT2D eigenvalue weighted by atomic mass is 10.0. The Morgan fingerprint density at radius 1 is 0.491 bits per heavy atom. The van der Waals surface area contributed by atoms with Gasteiger partial charge in [0.05, 0.1) is 25.4 Å². The summed E-state index contributed by atoms with van der Waals surface area (Å²) in [6.45, 7) is 4.84. The minimum absolute atomic E-state index is 0.0132. The topological polar surface area (TPSA) is 95.9 Å². The van der Waals surface area contributed by atoms with Crippen molar-refractivity contribution in [2.24, 2.45) is 0 Å². The Kier molecular flexibility index (Phi) is 43.7. The van der Waals surface area contributed by atoms with Crippen molar-refractivity contribution in [2.45, 2.75) is 264 Å². The van der Waals surface area contributed by atoms with E-state index >= 15 is 0 Å². The first kappa shape index (κ1) is 53.3. The molecule has 0 aliphatic heterocycles. The maximum Gasteiger partial charge on any atom is 0.305 e. The molecule has 6 nitrogen and oxygen atoms in total. The fourth-order valence-electron chi connectivity index (χ4n) is 7.21. The third kappa shape index (κ3) is 41.8. The first-order valence-corrected chi connectivity index (χ1v) is 24.1. The Morgan fingerprint density at radius 2 is 0.855 bits per heavy atom. The van der Waals surface area contributed by atoms with E-state index in [-0.39, 0.29) is 18.5 Å². The second-order valence-electron chi connectivity index (χ2n) is 16.4. The summed E-state index contributed by atoms with van der Waals surface area (Å²) < 4.78 is 5.44. The van der Waals surface area contributed by atoms with E-state index in [1.54, 1.807) is 6.08 Å². The quantitative estimate of drug-likeness (QED) is 0.0325. The number of aliphatic hydroxyl groups is 2. The molecule has 55 heavy (non-hydrogen) atoms. The Balaban J connectivity index is 3.53. The second kappa shape index (κ2) is 45.0. The fourth-order valence-corrected chi connectivity index (χ4v) is 7.21. The molecular formula is C49H93NO5. The van der Waals surface area contributed by atoms with Crippen molar-refractivity contribution in [3.8, 4) is 0 Å². The average Bonchev–Trinajstić information content (AvgIpc) is 3.18. The van der Waals surface area contributed by atoms with Crippen LogP contribution in [0.4, 0.5) is 0 Å². The van der Waals surface area contributed by atoms with Crippen molar-refractivity contribution in [1.29, 1.82) is 0 Å². The van der Waals surface area contributed by atoms with Crippen LogP contribution in [0, 0.1) is 0 Å². The molecule has 0 spiro atoms. The van der Waals surface area contributed by atoms with Gasteiger partial charge in [-0.2, -0.15) is 0 Å². The summed E-state index contributed by atoms with van der Waals surface area (Å²) in [5, 5.41) is 22.9. The molecule has 0 rings (SSSR count). The van der Waals surface area contributed by atoms with Gasteiger partial charge in [-0.05, 0) is 57.8 Å². The summed E-state index contributed by atoms with van der Waals surface area (Å²) in [7, 11) is 0. The number of carbonyl (C=O) groups excluding carboxylic acids is 2. The van der Waals surface area contributed by atoms with E-state index in [9.17, 15) is 19.8 Å². The number of hydrogen-bond acceptors (Lipinski definition) is 5. The summed E-state index contributed by atoms with van der Waals surface area (Å²) in [6.07, 6.45) is 51.7. The van der Waals surface area contributed by atoms with Gasteiger partial charge in [0.1, 0.15) is 0 Å². The number of carbonyl (C=O) groups is 2. The highest BCUT2D eigenvalue weighted by Gasteiger charge is 2.18. The lowest BCUT2D eigenvalue weighted by Crippen LogP contribution is -2.45. The van der Waals surface area contributed by atoms with Gasteiger partial charge in [-0.1, -0.05) is 205 Å². The van der Waals surface area contributed by atoms with Crippen LogP contribution in [0.1, 0.15) is 251 Å². The molecule has 0 aliphatic rings. The van der Waals surface area contributed by atoms with Crippen LogP contribution in [-0.4, -0.2) is 47.4 Å². The summed E-state index contributed by atoms with van der Waals surface area (Å²) in [5.74, 6) is -0.112. The molecule has 2 unspecified atom stereocenters. The van der Waals surface area contributed by atoms with Crippen LogP contribution < -0.4 is 5.32 Å². The zero-order valence-corrected chi connectivity index (χ0v) is 36.7. The third-order valence-corrected chi connectivity index (χ3v) is 11.0. The molecule has 0 saturated carbocycles. The molecule has 0 aliphatic carbocycles. The van der Waals surface area contributed by atoms with Gasteiger partial charge < -0.3 is 20.3 Å². The molecule has 0 aromatic heterocycles. The van der Waals surface area contributed by atoms with Gasteiger partial charge in [0, 0.05) is 12.8 Å². The van der Waals surface area contributed by atoms with Crippen molar-refractivity contribution in [3.63, 3.8) is 0 Å². The lowest BCUT2D eigenvalue weighted by Gasteiger charge is -2.19. The minimum atomic E-state index is -0.859. The fraction of sp³-hybridized carbons (Fsp3) is 0.878. The maximum atomic E-state index is 12.4. The molecule has 324 valence electrons. The number of esters is 1. The third-order valence-electron chi connectivity index (χ3n) is 11.0. The van der Waals surface area contributed by atoms with E-state index < -0.39 is 12.1 Å². The van der Waals surface area contributed by atoms with Crippen LogP contribution in [0.15, 0.2) is 24.3 Å². The number of hydrogen-bond donors (Lipinski definition) is 3. The monoisotopic (exact) mass is 776 g/mol. The molecule has 6 heteroatoms. The maximum absolute atomic E-state index is 12.4. The Morgan fingerprint density at radius 3 is 1.31 bits per heavy atom. The van der Waals surface area contributed by atoms with E-state index in [0.717, 1.165) is 70.6 Å². The Bertz CT molecular complexity index is 858.